The summed E-state index contributed by atoms with van der Waals surface area (Å²) in [5.74, 6) is 0. The Balaban J connectivity index is 2.18. The third kappa shape index (κ3) is 1.00. The van der Waals surface area contributed by atoms with Gasteiger partial charge in [0.15, 0.2) is 0 Å². The van der Waals surface area contributed by atoms with E-state index in [1.54, 1.807) is 0 Å². The van der Waals surface area contributed by atoms with Crippen molar-refractivity contribution < 1.29 is 4.79 Å². The van der Waals surface area contributed by atoms with Crippen LogP contribution in [0.4, 0.5) is 0 Å². The highest BCUT2D eigenvalue weighted by atomic mass is 16.1. The molecule has 3 saturated carbocycles. The van der Waals surface area contributed by atoms with Crippen molar-refractivity contribution in [2.75, 3.05) is 0 Å². The number of hydrogen-bond donors (Lipinski definition) is 1. The highest BCUT2D eigenvalue weighted by molar-refractivity contribution is 5.60. The molecule has 2 bridgehead atoms. The van der Waals surface area contributed by atoms with E-state index in [-0.39, 0.29) is 11.0 Å². The third-order valence-electron chi connectivity index (χ3n) is 3.61. The fraction of sp³-hybridized carbons (Fsp3) is 0.889. The van der Waals surface area contributed by atoms with Crippen molar-refractivity contribution >= 4 is 6.29 Å². The minimum atomic E-state index is 0.0428. The van der Waals surface area contributed by atoms with E-state index in [0.717, 1.165) is 38.5 Å². The van der Waals surface area contributed by atoms with Gasteiger partial charge in [0.1, 0.15) is 6.29 Å². The lowest BCUT2D eigenvalue weighted by Crippen LogP contribution is -2.52. The molecule has 2 nitrogen and oxygen atoms in total. The normalized spacial score (nSPS) is 49.2. The summed E-state index contributed by atoms with van der Waals surface area (Å²) in [6.07, 6.45) is 7.46. The smallest absolute Gasteiger partial charge is 0.126 e. The predicted molar refractivity (Wildman–Crippen MR) is 43.1 cm³/mol. The second kappa shape index (κ2) is 2.07. The fourth-order valence-electron chi connectivity index (χ4n) is 2.42. The molecule has 0 aromatic rings. The quantitative estimate of drug-likeness (QED) is 0.576. The summed E-state index contributed by atoms with van der Waals surface area (Å²) in [5.41, 5.74) is 6.24. The lowest BCUT2D eigenvalue weighted by Gasteiger charge is -2.49. The van der Waals surface area contributed by atoms with Crippen molar-refractivity contribution in [3.63, 3.8) is 0 Å². The Morgan fingerprint density at radius 3 is 1.82 bits per heavy atom. The molecular weight excluding hydrogens is 138 g/mol. The Kier molecular flexibility index (Phi) is 1.37. The Morgan fingerprint density at radius 2 is 1.45 bits per heavy atom. The maximum Gasteiger partial charge on any atom is 0.126 e. The van der Waals surface area contributed by atoms with Crippen molar-refractivity contribution in [2.24, 2.45) is 11.1 Å². The van der Waals surface area contributed by atoms with Crippen molar-refractivity contribution in [3.05, 3.63) is 0 Å². The lowest BCUT2D eigenvalue weighted by atomic mass is 9.58. The highest BCUT2D eigenvalue weighted by Crippen LogP contribution is 2.49. The topological polar surface area (TPSA) is 43.1 Å². The Morgan fingerprint density at radius 1 is 1.00 bits per heavy atom. The van der Waals surface area contributed by atoms with Gasteiger partial charge >= 0.3 is 0 Å². The van der Waals surface area contributed by atoms with E-state index in [4.69, 9.17) is 5.73 Å². The van der Waals surface area contributed by atoms with E-state index in [0.29, 0.717) is 0 Å². The van der Waals surface area contributed by atoms with E-state index in [9.17, 15) is 4.79 Å². The Hall–Kier alpha value is -0.370. The molecule has 0 saturated heterocycles. The van der Waals surface area contributed by atoms with Gasteiger partial charge < -0.3 is 10.5 Å². The second-order valence-corrected chi connectivity index (χ2v) is 4.34. The largest absolute Gasteiger partial charge is 0.325 e. The predicted octanol–water partition coefficient (Wildman–Crippen LogP) is 1.24. The van der Waals surface area contributed by atoms with Crippen LogP contribution in [-0.2, 0) is 4.79 Å². The summed E-state index contributed by atoms with van der Waals surface area (Å²) in [7, 11) is 0. The van der Waals surface area contributed by atoms with Gasteiger partial charge in [-0.25, -0.2) is 0 Å². The van der Waals surface area contributed by atoms with Gasteiger partial charge in [-0.1, -0.05) is 0 Å². The van der Waals surface area contributed by atoms with Crippen LogP contribution in [0.2, 0.25) is 0 Å². The molecule has 3 fully saturated rings. The summed E-state index contributed by atoms with van der Waals surface area (Å²) in [6.45, 7) is 0. The summed E-state index contributed by atoms with van der Waals surface area (Å²) in [6, 6.07) is 0. The fourth-order valence-corrected chi connectivity index (χ4v) is 2.42. The number of aldehydes is 1. The van der Waals surface area contributed by atoms with Crippen LogP contribution >= 0.6 is 0 Å². The van der Waals surface area contributed by atoms with Gasteiger partial charge in [-0.2, -0.15) is 0 Å². The van der Waals surface area contributed by atoms with E-state index in [2.05, 4.69) is 0 Å². The van der Waals surface area contributed by atoms with Gasteiger partial charge in [-0.15, -0.1) is 0 Å². The summed E-state index contributed by atoms with van der Waals surface area (Å²) < 4.78 is 0. The zero-order valence-electron chi connectivity index (χ0n) is 6.81. The van der Waals surface area contributed by atoms with E-state index >= 15 is 0 Å². The van der Waals surface area contributed by atoms with E-state index in [1.165, 1.54) is 6.29 Å². The monoisotopic (exact) mass is 153 g/mol. The molecule has 3 aliphatic carbocycles. The van der Waals surface area contributed by atoms with Gasteiger partial charge in [-0.05, 0) is 38.5 Å². The molecule has 0 unspecified atom stereocenters. The average molecular weight is 153 g/mol. The van der Waals surface area contributed by atoms with Crippen LogP contribution in [-0.4, -0.2) is 11.8 Å². The maximum absolute atomic E-state index is 10.8. The van der Waals surface area contributed by atoms with Crippen molar-refractivity contribution in [1.29, 1.82) is 0 Å². The molecule has 0 atom stereocenters. The van der Waals surface area contributed by atoms with Crippen LogP contribution in [0.25, 0.3) is 0 Å². The van der Waals surface area contributed by atoms with Gasteiger partial charge in [0, 0.05) is 11.0 Å². The van der Waals surface area contributed by atoms with E-state index < -0.39 is 0 Å². The first-order valence-electron chi connectivity index (χ1n) is 4.43. The number of fused-ring (bicyclic) bond motifs is 3. The van der Waals surface area contributed by atoms with Crippen LogP contribution in [0.15, 0.2) is 0 Å². The van der Waals surface area contributed by atoms with Gasteiger partial charge in [0.25, 0.3) is 0 Å². The molecule has 0 heterocycles. The van der Waals surface area contributed by atoms with Crippen LogP contribution in [0.1, 0.15) is 38.5 Å². The molecule has 0 aromatic carbocycles. The molecule has 11 heavy (non-hydrogen) atoms. The number of carbonyl (C=O) groups is 1. The Labute approximate surface area is 67.1 Å². The van der Waals surface area contributed by atoms with Gasteiger partial charge in [0.05, 0.1) is 0 Å². The molecule has 0 aliphatic heterocycles. The van der Waals surface area contributed by atoms with Gasteiger partial charge in [-0.3, -0.25) is 0 Å². The number of rotatable bonds is 1. The molecule has 2 N–H and O–H groups in total. The first kappa shape index (κ1) is 7.29. The van der Waals surface area contributed by atoms with Crippen LogP contribution < -0.4 is 5.73 Å². The lowest BCUT2D eigenvalue weighted by molar-refractivity contribution is -0.121. The molecule has 3 aliphatic rings. The molecule has 0 spiro atoms. The third-order valence-corrected chi connectivity index (χ3v) is 3.61. The van der Waals surface area contributed by atoms with Gasteiger partial charge in [0.2, 0.25) is 0 Å². The molecule has 2 heteroatoms. The molecule has 3 rings (SSSR count). The molecule has 62 valence electrons. The minimum Gasteiger partial charge on any atom is -0.325 e. The van der Waals surface area contributed by atoms with Crippen LogP contribution in [0.3, 0.4) is 0 Å². The van der Waals surface area contributed by atoms with E-state index in [1.807, 2.05) is 0 Å². The first-order chi connectivity index (χ1) is 5.18. The second-order valence-electron chi connectivity index (χ2n) is 4.34. The average Bonchev–Trinajstić information content (AvgIpc) is 2.07. The van der Waals surface area contributed by atoms with Crippen LogP contribution in [0.5, 0.6) is 0 Å². The molecule has 0 amide bonds. The number of carbonyl (C=O) groups excluding carboxylic acids is 1. The van der Waals surface area contributed by atoms with Crippen LogP contribution in [0, 0.1) is 5.41 Å². The standard InChI is InChI=1S/C9H15NO/c10-9-4-1-8(7-11,2-5-9)3-6-9/h7H,1-6,10H2. The van der Waals surface area contributed by atoms with Crippen molar-refractivity contribution in [2.45, 2.75) is 44.1 Å². The van der Waals surface area contributed by atoms with Crippen molar-refractivity contribution in [1.82, 2.24) is 0 Å². The molecule has 0 radical (unpaired) electrons. The summed E-state index contributed by atoms with van der Waals surface area (Å²) in [4.78, 5) is 10.8. The highest BCUT2D eigenvalue weighted by Gasteiger charge is 2.46. The maximum atomic E-state index is 10.8. The van der Waals surface area contributed by atoms with Crippen molar-refractivity contribution in [3.8, 4) is 0 Å². The zero-order valence-corrected chi connectivity index (χ0v) is 6.81. The molecular formula is C9H15NO. The summed E-state index contributed by atoms with van der Waals surface area (Å²) in [5, 5.41) is 0. The zero-order chi connectivity index (χ0) is 7.95. The first-order valence-corrected chi connectivity index (χ1v) is 4.43. The SMILES string of the molecule is NC12CCC(C=O)(CC1)CC2. The number of hydrogen-bond acceptors (Lipinski definition) is 2. The number of nitrogens with two attached hydrogens (primary N) is 1. The summed E-state index contributed by atoms with van der Waals surface area (Å²) >= 11 is 0. The Bertz CT molecular complexity index is 163. The molecule has 0 aromatic heterocycles. The minimum absolute atomic E-state index is 0.0428.